The van der Waals surface area contributed by atoms with Crippen molar-refractivity contribution < 1.29 is 23.9 Å². The van der Waals surface area contributed by atoms with Gasteiger partial charge in [-0.05, 0) is 54.9 Å². The highest BCUT2D eigenvalue weighted by atomic mass is 16.6. The fourth-order valence-corrected chi connectivity index (χ4v) is 4.03. The summed E-state index contributed by atoms with van der Waals surface area (Å²) in [6.07, 6.45) is 5.86. The van der Waals surface area contributed by atoms with Crippen molar-refractivity contribution in [2.45, 2.75) is 97.2 Å². The summed E-state index contributed by atoms with van der Waals surface area (Å²) in [6, 6.07) is -0.995. The Balaban J connectivity index is 3.22. The van der Waals surface area contributed by atoms with Crippen LogP contribution in [0.4, 0.5) is 4.79 Å². The zero-order valence-electron chi connectivity index (χ0n) is 21.5. The second-order valence-corrected chi connectivity index (χ2v) is 9.95. The lowest BCUT2D eigenvalue weighted by Crippen LogP contribution is -2.49. The van der Waals surface area contributed by atoms with Gasteiger partial charge in [0.25, 0.3) is 0 Å². The topological polar surface area (TPSA) is 152 Å². The molecule has 5 N–H and O–H groups in total. The highest BCUT2D eigenvalue weighted by molar-refractivity contribution is 5.89. The molecule has 0 radical (unpaired) electrons. The van der Waals surface area contributed by atoms with Gasteiger partial charge in [0.1, 0.15) is 11.3 Å². The fourth-order valence-electron chi connectivity index (χ4n) is 4.03. The van der Waals surface area contributed by atoms with Crippen LogP contribution in [-0.2, 0) is 19.1 Å². The van der Waals surface area contributed by atoms with Crippen molar-refractivity contribution in [3.63, 3.8) is 0 Å². The van der Waals surface area contributed by atoms with E-state index in [9.17, 15) is 14.4 Å². The van der Waals surface area contributed by atoms with Gasteiger partial charge in [0, 0.05) is 31.5 Å². The average Bonchev–Trinajstić information content (AvgIpc) is 2.87. The van der Waals surface area contributed by atoms with Crippen LogP contribution in [-0.4, -0.2) is 69.6 Å². The number of primary amides is 1. The SMILES string of the molecule is C/C=C\C=C\C(=O)N1[C@H](C)[C@@H](C[C@H](CC(N)=O)N(CCC(=N)N)C(=O)OC(C)(C)C)OC1(C)C. The van der Waals surface area contributed by atoms with Crippen LogP contribution in [0.3, 0.4) is 0 Å². The molecule has 0 saturated carbocycles. The van der Waals surface area contributed by atoms with Gasteiger partial charge in [-0.15, -0.1) is 0 Å². The van der Waals surface area contributed by atoms with Crippen molar-refractivity contribution in [2.75, 3.05) is 6.54 Å². The maximum atomic E-state index is 13.0. The first-order chi connectivity index (χ1) is 15.6. The van der Waals surface area contributed by atoms with Crippen molar-refractivity contribution in [3.05, 3.63) is 24.3 Å². The van der Waals surface area contributed by atoms with Crippen molar-refractivity contribution in [1.29, 1.82) is 5.41 Å². The van der Waals surface area contributed by atoms with E-state index in [2.05, 4.69) is 0 Å². The monoisotopic (exact) mass is 479 g/mol. The number of nitrogens with one attached hydrogen (secondary N) is 1. The Morgan fingerprint density at radius 2 is 1.85 bits per heavy atom. The third kappa shape index (κ3) is 8.81. The highest BCUT2D eigenvalue weighted by Crippen LogP contribution is 2.35. The molecule has 1 heterocycles. The van der Waals surface area contributed by atoms with E-state index >= 15 is 0 Å². The van der Waals surface area contributed by atoms with Crippen LogP contribution in [0.2, 0.25) is 0 Å². The molecule has 1 fully saturated rings. The summed E-state index contributed by atoms with van der Waals surface area (Å²) in [5, 5.41) is 7.57. The van der Waals surface area contributed by atoms with Crippen LogP contribution in [0, 0.1) is 5.41 Å². The molecule has 3 amide bonds. The number of amidine groups is 1. The second kappa shape index (κ2) is 12.0. The van der Waals surface area contributed by atoms with Crippen LogP contribution in [0.5, 0.6) is 0 Å². The third-order valence-corrected chi connectivity index (χ3v) is 5.38. The van der Waals surface area contributed by atoms with Gasteiger partial charge in [-0.1, -0.05) is 18.2 Å². The summed E-state index contributed by atoms with van der Waals surface area (Å²) in [4.78, 5) is 40.8. The Labute approximate surface area is 202 Å². The molecule has 0 aliphatic carbocycles. The molecule has 0 unspecified atom stereocenters. The van der Waals surface area contributed by atoms with E-state index < -0.39 is 35.5 Å². The summed E-state index contributed by atoms with van der Waals surface area (Å²) in [7, 11) is 0. The van der Waals surface area contributed by atoms with Gasteiger partial charge in [0.2, 0.25) is 11.8 Å². The summed E-state index contributed by atoms with van der Waals surface area (Å²) < 4.78 is 11.8. The Kier molecular flexibility index (Phi) is 10.3. The molecular formula is C24H41N5O5. The minimum absolute atomic E-state index is 0.0847. The number of allylic oxidation sites excluding steroid dienone is 3. The quantitative estimate of drug-likeness (QED) is 0.190. The van der Waals surface area contributed by atoms with Gasteiger partial charge in [-0.25, -0.2) is 4.79 Å². The molecule has 10 heteroatoms. The van der Waals surface area contributed by atoms with Crippen LogP contribution in [0.15, 0.2) is 24.3 Å². The lowest BCUT2D eigenvalue weighted by atomic mass is 9.99. The molecule has 0 aromatic rings. The normalized spacial score (nSPS) is 21.1. The van der Waals surface area contributed by atoms with Gasteiger partial charge in [0.05, 0.1) is 18.0 Å². The summed E-state index contributed by atoms with van der Waals surface area (Å²) >= 11 is 0. The van der Waals surface area contributed by atoms with Crippen molar-refractivity contribution >= 4 is 23.7 Å². The zero-order chi connectivity index (χ0) is 26.3. The molecule has 1 aliphatic heterocycles. The van der Waals surface area contributed by atoms with E-state index in [1.54, 1.807) is 51.7 Å². The van der Waals surface area contributed by atoms with Crippen molar-refractivity contribution in [3.8, 4) is 0 Å². The first-order valence-corrected chi connectivity index (χ1v) is 11.5. The first-order valence-electron chi connectivity index (χ1n) is 11.5. The predicted molar refractivity (Wildman–Crippen MR) is 131 cm³/mol. The summed E-state index contributed by atoms with van der Waals surface area (Å²) in [5.74, 6) is -0.888. The molecule has 34 heavy (non-hydrogen) atoms. The zero-order valence-corrected chi connectivity index (χ0v) is 21.5. The molecule has 0 aromatic carbocycles. The lowest BCUT2D eigenvalue weighted by Gasteiger charge is -2.35. The number of nitrogens with two attached hydrogens (primary N) is 2. The van der Waals surface area contributed by atoms with Crippen LogP contribution < -0.4 is 11.5 Å². The Morgan fingerprint density at radius 1 is 1.24 bits per heavy atom. The molecule has 0 bridgehead atoms. The Bertz CT molecular complexity index is 815. The maximum Gasteiger partial charge on any atom is 0.410 e. The Morgan fingerprint density at radius 3 is 2.35 bits per heavy atom. The number of rotatable bonds is 10. The minimum atomic E-state index is -0.894. The van der Waals surface area contributed by atoms with Gasteiger partial charge in [-0.3, -0.25) is 15.0 Å². The predicted octanol–water partition coefficient (Wildman–Crippen LogP) is 2.67. The molecular weight excluding hydrogens is 438 g/mol. The summed E-state index contributed by atoms with van der Waals surface area (Å²) in [6.45, 7) is 12.6. The van der Waals surface area contributed by atoms with Crippen molar-refractivity contribution in [1.82, 2.24) is 9.80 Å². The lowest BCUT2D eigenvalue weighted by molar-refractivity contribution is -0.142. The number of carbonyl (C=O) groups excluding carboxylic acids is 3. The van der Waals surface area contributed by atoms with Crippen molar-refractivity contribution in [2.24, 2.45) is 11.5 Å². The number of hydrogen-bond donors (Lipinski definition) is 3. The molecule has 0 aromatic heterocycles. The van der Waals surface area contributed by atoms with Crippen LogP contribution in [0.25, 0.3) is 0 Å². The van der Waals surface area contributed by atoms with E-state index in [1.165, 1.54) is 11.0 Å². The van der Waals surface area contributed by atoms with E-state index in [1.807, 2.05) is 19.9 Å². The smallest absolute Gasteiger partial charge is 0.410 e. The molecule has 10 nitrogen and oxygen atoms in total. The number of hydrogen-bond acceptors (Lipinski definition) is 6. The fraction of sp³-hybridized carbons (Fsp3) is 0.667. The van der Waals surface area contributed by atoms with Gasteiger partial charge in [-0.2, -0.15) is 0 Å². The number of nitrogens with zero attached hydrogens (tertiary/aromatic N) is 2. The third-order valence-electron chi connectivity index (χ3n) is 5.38. The van der Waals surface area contributed by atoms with E-state index in [0.717, 1.165) is 0 Å². The second-order valence-electron chi connectivity index (χ2n) is 9.95. The standard InChI is InChI=1S/C24H41N5O5/c1-8-9-10-11-21(31)29-16(2)18(33-24(29,6)7)14-17(15-20(27)30)28(13-12-19(25)26)22(32)34-23(3,4)5/h8-11,16-18H,12-15H2,1-7H3,(H3,25,26)(H2,27,30)/b9-8-,11-10+/t16-,17-,18-/m1/s1. The van der Waals surface area contributed by atoms with Gasteiger partial charge in [0.15, 0.2) is 0 Å². The molecule has 1 saturated heterocycles. The van der Waals surface area contributed by atoms with Gasteiger partial charge >= 0.3 is 6.09 Å². The average molecular weight is 480 g/mol. The maximum absolute atomic E-state index is 13.0. The minimum Gasteiger partial charge on any atom is -0.444 e. The van der Waals surface area contributed by atoms with Crippen LogP contribution in [0.1, 0.15) is 67.7 Å². The van der Waals surface area contributed by atoms with E-state index in [0.29, 0.717) is 0 Å². The highest BCUT2D eigenvalue weighted by Gasteiger charge is 2.48. The molecule has 0 spiro atoms. The van der Waals surface area contributed by atoms with E-state index in [-0.39, 0.29) is 43.6 Å². The number of ether oxygens (including phenoxy) is 2. The van der Waals surface area contributed by atoms with Gasteiger partial charge < -0.3 is 30.7 Å². The number of amides is 3. The van der Waals surface area contributed by atoms with Crippen LogP contribution >= 0.6 is 0 Å². The number of carbonyl (C=O) groups is 3. The van der Waals surface area contributed by atoms with E-state index in [4.69, 9.17) is 26.4 Å². The molecule has 1 rings (SSSR count). The summed E-state index contributed by atoms with van der Waals surface area (Å²) in [5.41, 5.74) is 9.39. The first kappa shape index (κ1) is 29.2. The molecule has 192 valence electrons. The largest absolute Gasteiger partial charge is 0.444 e. The Hall–Kier alpha value is -2.88. The molecule has 1 aliphatic rings. The molecule has 3 atom stereocenters.